The molecule has 0 spiro atoms. The van der Waals surface area contributed by atoms with E-state index >= 15 is 0 Å². The van der Waals surface area contributed by atoms with Gasteiger partial charge in [-0.25, -0.2) is 0 Å². The third kappa shape index (κ3) is 5.01. The van der Waals surface area contributed by atoms with Crippen LogP contribution in [0.25, 0.3) is 0 Å². The number of hydrogen-bond donors (Lipinski definition) is 1. The lowest BCUT2D eigenvalue weighted by molar-refractivity contribution is 0.659. The van der Waals surface area contributed by atoms with Crippen molar-refractivity contribution in [3.63, 3.8) is 0 Å². The molecule has 0 saturated carbocycles. The number of hydrogen-bond acceptors (Lipinski definition) is 1. The Bertz CT molecular complexity index is 253. The summed E-state index contributed by atoms with van der Waals surface area (Å²) < 4.78 is 0. The second kappa shape index (κ2) is 7.49. The molecule has 1 rings (SSSR count). The van der Waals surface area contributed by atoms with Crippen molar-refractivity contribution < 1.29 is 0 Å². The molecule has 15 heavy (non-hydrogen) atoms. The fraction of sp³-hybridized carbons (Fsp3) is 0.769. The number of H-pyrrole nitrogens is 1. The Morgan fingerprint density at radius 1 is 1.00 bits per heavy atom. The monoisotopic (exact) mass is 208 g/mol. The molecule has 0 radical (unpaired) electrons. The number of aromatic amines is 1. The Hall–Kier alpha value is -0.790. The highest BCUT2D eigenvalue weighted by atomic mass is 15.1. The summed E-state index contributed by atoms with van der Waals surface area (Å²) in [4.78, 5) is 0. The number of nitrogens with zero attached hydrogens (tertiary/aromatic N) is 1. The third-order valence-corrected chi connectivity index (χ3v) is 2.77. The van der Waals surface area contributed by atoms with Gasteiger partial charge in [0.1, 0.15) is 0 Å². The van der Waals surface area contributed by atoms with Gasteiger partial charge in [-0.3, -0.25) is 5.10 Å². The molecule has 0 saturated heterocycles. The van der Waals surface area contributed by atoms with Crippen LogP contribution in [0.2, 0.25) is 0 Å². The second-order valence-electron chi connectivity index (χ2n) is 4.30. The van der Waals surface area contributed by atoms with E-state index in [1.54, 1.807) is 0 Å². The zero-order valence-corrected chi connectivity index (χ0v) is 10.2. The largest absolute Gasteiger partial charge is 0.282 e. The quantitative estimate of drug-likeness (QED) is 0.645. The zero-order chi connectivity index (χ0) is 10.9. The van der Waals surface area contributed by atoms with Crippen molar-refractivity contribution in [2.75, 3.05) is 0 Å². The zero-order valence-electron chi connectivity index (χ0n) is 10.2. The maximum atomic E-state index is 4.33. The molecular formula is C13H24N2. The lowest BCUT2D eigenvalue weighted by Crippen LogP contribution is -1.85. The molecule has 0 atom stereocenters. The smallest absolute Gasteiger partial charge is 0.0625 e. The maximum absolute atomic E-state index is 4.33. The summed E-state index contributed by atoms with van der Waals surface area (Å²) in [5, 5.41) is 7.47. The lowest BCUT2D eigenvalue weighted by Gasteiger charge is -1.96. The van der Waals surface area contributed by atoms with E-state index in [-0.39, 0.29) is 0 Å². The van der Waals surface area contributed by atoms with Crippen molar-refractivity contribution in [2.24, 2.45) is 0 Å². The first-order chi connectivity index (χ1) is 7.36. The number of aromatic nitrogens is 2. The molecule has 1 aromatic heterocycles. The molecule has 1 N–H and O–H groups in total. The summed E-state index contributed by atoms with van der Waals surface area (Å²) in [5.74, 6) is 0. The van der Waals surface area contributed by atoms with Crippen molar-refractivity contribution in [3.8, 4) is 0 Å². The van der Waals surface area contributed by atoms with E-state index in [0.717, 1.165) is 6.42 Å². The Kier molecular flexibility index (Phi) is 6.14. The van der Waals surface area contributed by atoms with E-state index in [4.69, 9.17) is 0 Å². The third-order valence-electron chi connectivity index (χ3n) is 2.77. The molecule has 86 valence electrons. The number of aryl methyl sites for hydroxylation is 2. The van der Waals surface area contributed by atoms with Crippen LogP contribution in [-0.2, 0) is 12.8 Å². The van der Waals surface area contributed by atoms with E-state index in [1.165, 1.54) is 56.3 Å². The normalized spacial score (nSPS) is 10.8. The minimum atomic E-state index is 1.13. The minimum Gasteiger partial charge on any atom is -0.282 e. The summed E-state index contributed by atoms with van der Waals surface area (Å²) in [6.45, 7) is 4.47. The highest BCUT2D eigenvalue weighted by Crippen LogP contribution is 2.08. The second-order valence-corrected chi connectivity index (χ2v) is 4.30. The van der Waals surface area contributed by atoms with Crippen LogP contribution in [0.15, 0.2) is 6.07 Å². The topological polar surface area (TPSA) is 28.7 Å². The summed E-state index contributed by atoms with van der Waals surface area (Å²) in [5.41, 5.74) is 2.56. The first-order valence-corrected chi connectivity index (χ1v) is 6.40. The molecule has 1 heterocycles. The van der Waals surface area contributed by atoms with Crippen molar-refractivity contribution >= 4 is 0 Å². The summed E-state index contributed by atoms with van der Waals surface area (Å²) in [6, 6.07) is 2.24. The van der Waals surface area contributed by atoms with Crippen LogP contribution in [0.5, 0.6) is 0 Å². The summed E-state index contributed by atoms with van der Waals surface area (Å²) in [6.07, 6.45) is 10.1. The average molecular weight is 208 g/mol. The maximum Gasteiger partial charge on any atom is 0.0625 e. The van der Waals surface area contributed by atoms with Crippen LogP contribution in [0.4, 0.5) is 0 Å². The van der Waals surface area contributed by atoms with Crippen molar-refractivity contribution in [3.05, 3.63) is 17.5 Å². The van der Waals surface area contributed by atoms with Crippen LogP contribution >= 0.6 is 0 Å². The predicted molar refractivity (Wildman–Crippen MR) is 65.0 cm³/mol. The molecule has 0 fully saturated rings. The molecule has 0 aliphatic rings. The molecular weight excluding hydrogens is 184 g/mol. The fourth-order valence-corrected chi connectivity index (χ4v) is 1.77. The van der Waals surface area contributed by atoms with Crippen molar-refractivity contribution in [1.82, 2.24) is 10.2 Å². The van der Waals surface area contributed by atoms with Gasteiger partial charge >= 0.3 is 0 Å². The van der Waals surface area contributed by atoms with Gasteiger partial charge in [-0.05, 0) is 31.7 Å². The van der Waals surface area contributed by atoms with Gasteiger partial charge in [0.05, 0.1) is 5.69 Å². The van der Waals surface area contributed by atoms with Gasteiger partial charge in [0.2, 0.25) is 0 Å². The number of nitrogens with one attached hydrogen (secondary N) is 1. The Morgan fingerprint density at radius 3 is 2.53 bits per heavy atom. The Labute approximate surface area is 93.5 Å². The van der Waals surface area contributed by atoms with Crippen LogP contribution in [0.1, 0.15) is 63.8 Å². The van der Waals surface area contributed by atoms with E-state index in [9.17, 15) is 0 Å². The SMILES string of the molecule is CCCCCCc1cc(CCCC)n[nH]1. The first-order valence-electron chi connectivity index (χ1n) is 6.40. The lowest BCUT2D eigenvalue weighted by atomic mass is 10.1. The molecule has 0 aliphatic heterocycles. The molecule has 0 unspecified atom stereocenters. The fourth-order valence-electron chi connectivity index (χ4n) is 1.77. The molecule has 0 amide bonds. The number of unbranched alkanes of at least 4 members (excludes halogenated alkanes) is 4. The highest BCUT2D eigenvalue weighted by Gasteiger charge is 2.00. The predicted octanol–water partition coefficient (Wildman–Crippen LogP) is 3.88. The molecule has 2 heteroatoms. The standard InChI is InChI=1S/C13H24N2/c1-3-5-7-8-10-13-11-12(14-15-13)9-6-4-2/h11H,3-10H2,1-2H3,(H,14,15). The van der Waals surface area contributed by atoms with E-state index in [1.807, 2.05) is 0 Å². The van der Waals surface area contributed by atoms with E-state index in [2.05, 4.69) is 30.1 Å². The van der Waals surface area contributed by atoms with E-state index < -0.39 is 0 Å². The van der Waals surface area contributed by atoms with Gasteiger partial charge in [0.25, 0.3) is 0 Å². The molecule has 0 bridgehead atoms. The first kappa shape index (κ1) is 12.3. The van der Waals surface area contributed by atoms with Crippen LogP contribution in [-0.4, -0.2) is 10.2 Å². The van der Waals surface area contributed by atoms with Crippen molar-refractivity contribution in [1.29, 1.82) is 0 Å². The van der Waals surface area contributed by atoms with Gasteiger partial charge in [0.15, 0.2) is 0 Å². The molecule has 0 aliphatic carbocycles. The molecule has 1 aromatic rings. The molecule has 2 nitrogen and oxygen atoms in total. The van der Waals surface area contributed by atoms with Gasteiger partial charge in [-0.1, -0.05) is 39.5 Å². The Morgan fingerprint density at radius 2 is 1.80 bits per heavy atom. The van der Waals surface area contributed by atoms with Crippen LogP contribution in [0, 0.1) is 0 Å². The van der Waals surface area contributed by atoms with Crippen LogP contribution in [0.3, 0.4) is 0 Å². The summed E-state index contributed by atoms with van der Waals surface area (Å²) in [7, 11) is 0. The van der Waals surface area contributed by atoms with Crippen molar-refractivity contribution in [2.45, 2.75) is 65.2 Å². The van der Waals surface area contributed by atoms with Gasteiger partial charge < -0.3 is 0 Å². The number of rotatable bonds is 8. The minimum absolute atomic E-state index is 1.13. The average Bonchev–Trinajstić information content (AvgIpc) is 2.69. The van der Waals surface area contributed by atoms with Crippen LogP contribution < -0.4 is 0 Å². The molecule has 0 aromatic carbocycles. The summed E-state index contributed by atoms with van der Waals surface area (Å²) >= 11 is 0. The van der Waals surface area contributed by atoms with Gasteiger partial charge in [-0.15, -0.1) is 0 Å². The highest BCUT2D eigenvalue weighted by molar-refractivity contribution is 5.08. The van der Waals surface area contributed by atoms with E-state index in [0.29, 0.717) is 0 Å². The van der Waals surface area contributed by atoms with Gasteiger partial charge in [0, 0.05) is 5.69 Å². The Balaban J connectivity index is 2.20. The van der Waals surface area contributed by atoms with Gasteiger partial charge in [-0.2, -0.15) is 5.10 Å².